The first kappa shape index (κ1) is 13.2. The van der Waals surface area contributed by atoms with Gasteiger partial charge < -0.3 is 10.6 Å². The molecule has 0 radical (unpaired) electrons. The number of hydrogen-bond donors (Lipinski definition) is 1. The van der Waals surface area contributed by atoms with Crippen molar-refractivity contribution in [2.75, 3.05) is 18.0 Å². The monoisotopic (exact) mass is 266 g/mol. The van der Waals surface area contributed by atoms with E-state index in [-0.39, 0.29) is 5.54 Å². The van der Waals surface area contributed by atoms with Crippen molar-refractivity contribution < 1.29 is 0 Å². The van der Waals surface area contributed by atoms with E-state index in [1.807, 2.05) is 0 Å². The maximum absolute atomic E-state index is 6.22. The van der Waals surface area contributed by atoms with Crippen molar-refractivity contribution in [3.63, 3.8) is 0 Å². The Bertz CT molecular complexity index is 552. The third-order valence-electron chi connectivity index (χ3n) is 4.49. The molecule has 2 heteroatoms. The van der Waals surface area contributed by atoms with Crippen LogP contribution in [0.25, 0.3) is 0 Å². The zero-order valence-electron chi connectivity index (χ0n) is 12.0. The van der Waals surface area contributed by atoms with Crippen molar-refractivity contribution in [2.45, 2.75) is 25.3 Å². The number of para-hydroxylation sites is 1. The predicted octanol–water partition coefficient (Wildman–Crippen LogP) is 3.01. The molecule has 0 unspecified atom stereocenters. The van der Waals surface area contributed by atoms with Gasteiger partial charge in [0.25, 0.3) is 0 Å². The van der Waals surface area contributed by atoms with Crippen LogP contribution in [0.3, 0.4) is 0 Å². The quantitative estimate of drug-likeness (QED) is 0.921. The molecule has 2 aromatic carbocycles. The summed E-state index contributed by atoms with van der Waals surface area (Å²) in [7, 11) is 0. The molecule has 0 fully saturated rings. The first-order valence-electron chi connectivity index (χ1n) is 7.38. The molecule has 1 aliphatic rings. The summed E-state index contributed by atoms with van der Waals surface area (Å²) in [6.45, 7) is 3.88. The lowest BCUT2D eigenvalue weighted by atomic mass is 9.92. The number of anilines is 1. The Morgan fingerprint density at radius 2 is 1.50 bits per heavy atom. The molecular weight excluding hydrogens is 244 g/mol. The fraction of sp³-hybridized carbons (Fsp3) is 0.333. The second-order valence-corrected chi connectivity index (χ2v) is 5.63. The number of benzene rings is 2. The first-order valence-corrected chi connectivity index (χ1v) is 7.38. The summed E-state index contributed by atoms with van der Waals surface area (Å²) in [6.07, 6.45) is 2.09. The summed E-state index contributed by atoms with van der Waals surface area (Å²) in [6, 6.07) is 19.4. The molecule has 0 saturated carbocycles. The molecule has 0 amide bonds. The fourth-order valence-corrected chi connectivity index (χ4v) is 3.52. The minimum absolute atomic E-state index is 0.0276. The summed E-state index contributed by atoms with van der Waals surface area (Å²) in [4.78, 5) is 2.48. The number of fused-ring (bicyclic) bond motifs is 1. The van der Waals surface area contributed by atoms with Gasteiger partial charge in [-0.2, -0.15) is 0 Å². The Balaban J connectivity index is 1.98. The zero-order chi connectivity index (χ0) is 14.0. The highest BCUT2D eigenvalue weighted by Gasteiger charge is 2.40. The summed E-state index contributed by atoms with van der Waals surface area (Å²) >= 11 is 0. The lowest BCUT2D eigenvalue weighted by Crippen LogP contribution is -2.55. The molecule has 20 heavy (non-hydrogen) atoms. The zero-order valence-corrected chi connectivity index (χ0v) is 12.0. The fourth-order valence-electron chi connectivity index (χ4n) is 3.52. The minimum atomic E-state index is 0.0276. The predicted molar refractivity (Wildman–Crippen MR) is 85.1 cm³/mol. The molecule has 0 bridgehead atoms. The number of nitrogens with two attached hydrogens (primary N) is 1. The average Bonchev–Trinajstić information content (AvgIpc) is 2.88. The number of likely N-dealkylation sites (N-methyl/N-ethyl adjacent to an activating group) is 1. The molecule has 0 aromatic heterocycles. The topological polar surface area (TPSA) is 29.3 Å². The molecule has 0 atom stereocenters. The van der Waals surface area contributed by atoms with Gasteiger partial charge in [-0.15, -0.1) is 0 Å². The molecule has 0 spiro atoms. The van der Waals surface area contributed by atoms with Gasteiger partial charge in [0.05, 0.1) is 5.54 Å². The first-order chi connectivity index (χ1) is 9.79. The van der Waals surface area contributed by atoms with Crippen LogP contribution >= 0.6 is 0 Å². The second kappa shape index (κ2) is 5.29. The minimum Gasteiger partial charge on any atom is -0.364 e. The van der Waals surface area contributed by atoms with E-state index in [4.69, 9.17) is 5.73 Å². The van der Waals surface area contributed by atoms with Crippen LogP contribution in [0.15, 0.2) is 54.6 Å². The van der Waals surface area contributed by atoms with Gasteiger partial charge in [0.2, 0.25) is 0 Å². The molecule has 2 nitrogen and oxygen atoms in total. The summed E-state index contributed by atoms with van der Waals surface area (Å²) in [5.41, 5.74) is 10.4. The third kappa shape index (κ3) is 2.10. The van der Waals surface area contributed by atoms with Gasteiger partial charge in [0, 0.05) is 18.8 Å². The van der Waals surface area contributed by atoms with E-state index in [0.29, 0.717) is 6.54 Å². The molecule has 0 saturated heterocycles. The van der Waals surface area contributed by atoms with Gasteiger partial charge in [-0.3, -0.25) is 0 Å². The largest absolute Gasteiger partial charge is 0.364 e. The number of hydrogen-bond acceptors (Lipinski definition) is 2. The third-order valence-corrected chi connectivity index (χ3v) is 4.49. The van der Waals surface area contributed by atoms with Crippen LogP contribution in [-0.4, -0.2) is 18.6 Å². The van der Waals surface area contributed by atoms with Crippen LogP contribution in [0.2, 0.25) is 0 Å². The summed E-state index contributed by atoms with van der Waals surface area (Å²) < 4.78 is 0. The summed E-state index contributed by atoms with van der Waals surface area (Å²) in [5, 5.41) is 0. The highest BCUT2D eigenvalue weighted by molar-refractivity contribution is 5.52. The molecular formula is C18H22N2. The maximum atomic E-state index is 6.22. The Morgan fingerprint density at radius 1 is 0.950 bits per heavy atom. The van der Waals surface area contributed by atoms with Crippen molar-refractivity contribution in [1.82, 2.24) is 0 Å². The molecule has 3 rings (SSSR count). The Hall–Kier alpha value is -1.80. The van der Waals surface area contributed by atoms with Crippen molar-refractivity contribution >= 4 is 5.69 Å². The summed E-state index contributed by atoms with van der Waals surface area (Å²) in [5.74, 6) is 0. The van der Waals surface area contributed by atoms with Gasteiger partial charge in [0.15, 0.2) is 0 Å². The van der Waals surface area contributed by atoms with Crippen LogP contribution in [0.1, 0.15) is 18.1 Å². The van der Waals surface area contributed by atoms with Crippen LogP contribution in [0.5, 0.6) is 0 Å². The highest BCUT2D eigenvalue weighted by Crippen LogP contribution is 2.36. The molecule has 0 heterocycles. The molecule has 2 N–H and O–H groups in total. The Morgan fingerprint density at radius 3 is 2.00 bits per heavy atom. The van der Waals surface area contributed by atoms with E-state index in [1.54, 1.807) is 0 Å². The lowest BCUT2D eigenvalue weighted by molar-refractivity contribution is 0.417. The highest BCUT2D eigenvalue weighted by atomic mass is 15.2. The van der Waals surface area contributed by atoms with Crippen molar-refractivity contribution in [3.05, 3.63) is 65.7 Å². The van der Waals surface area contributed by atoms with E-state index >= 15 is 0 Å². The average molecular weight is 266 g/mol. The lowest BCUT2D eigenvalue weighted by Gasteiger charge is -2.42. The van der Waals surface area contributed by atoms with E-state index in [1.165, 1.54) is 16.8 Å². The smallest absolute Gasteiger partial charge is 0.0604 e. The number of rotatable bonds is 4. The van der Waals surface area contributed by atoms with Gasteiger partial charge >= 0.3 is 0 Å². The van der Waals surface area contributed by atoms with Gasteiger partial charge in [-0.25, -0.2) is 0 Å². The SMILES string of the molecule is CCN(c1ccccc1)C1(CN)Cc2ccccc2C1. The second-order valence-electron chi connectivity index (χ2n) is 5.63. The standard InChI is InChI=1S/C18H22N2/c1-2-20(17-10-4-3-5-11-17)18(14-19)12-15-8-6-7-9-16(15)13-18/h3-11H,2,12-14,19H2,1H3. The molecule has 1 aliphatic carbocycles. The van der Waals surface area contributed by atoms with Crippen LogP contribution < -0.4 is 10.6 Å². The molecule has 2 aromatic rings. The maximum Gasteiger partial charge on any atom is 0.0604 e. The van der Waals surface area contributed by atoms with Crippen LogP contribution in [0.4, 0.5) is 5.69 Å². The molecule has 104 valence electrons. The van der Waals surface area contributed by atoms with Crippen LogP contribution in [-0.2, 0) is 12.8 Å². The Kier molecular flexibility index (Phi) is 3.49. The van der Waals surface area contributed by atoms with E-state index in [0.717, 1.165) is 19.4 Å². The van der Waals surface area contributed by atoms with Crippen molar-refractivity contribution in [3.8, 4) is 0 Å². The van der Waals surface area contributed by atoms with Gasteiger partial charge in [-0.1, -0.05) is 42.5 Å². The normalized spacial score (nSPS) is 15.9. The Labute approximate surface area is 121 Å². The van der Waals surface area contributed by atoms with E-state index in [2.05, 4.69) is 66.4 Å². The van der Waals surface area contributed by atoms with E-state index in [9.17, 15) is 0 Å². The van der Waals surface area contributed by atoms with Gasteiger partial charge in [-0.05, 0) is 43.0 Å². The van der Waals surface area contributed by atoms with Crippen LogP contribution in [0, 0.1) is 0 Å². The van der Waals surface area contributed by atoms with Crippen molar-refractivity contribution in [1.29, 1.82) is 0 Å². The van der Waals surface area contributed by atoms with E-state index < -0.39 is 0 Å². The number of nitrogens with zero attached hydrogens (tertiary/aromatic N) is 1. The van der Waals surface area contributed by atoms with Crippen molar-refractivity contribution in [2.24, 2.45) is 5.73 Å². The van der Waals surface area contributed by atoms with Gasteiger partial charge in [0.1, 0.15) is 0 Å². The molecule has 0 aliphatic heterocycles.